The van der Waals surface area contributed by atoms with E-state index in [0.29, 0.717) is 23.8 Å². The third kappa shape index (κ3) is 4.13. The van der Waals surface area contributed by atoms with Crippen LogP contribution in [-0.4, -0.2) is 11.6 Å². The van der Waals surface area contributed by atoms with Crippen molar-refractivity contribution in [3.05, 3.63) is 29.0 Å². The molecule has 0 aliphatic heterocycles. The topological polar surface area (TPSA) is 35.2 Å². The Balaban J connectivity index is 2.54. The summed E-state index contributed by atoms with van der Waals surface area (Å²) >= 11 is 10.8. The highest BCUT2D eigenvalue weighted by atomic mass is 35.5. The Bertz CT molecular complexity index is 423. The van der Waals surface area contributed by atoms with E-state index in [1.165, 1.54) is 18.2 Å². The molecule has 1 rings (SSSR count). The summed E-state index contributed by atoms with van der Waals surface area (Å²) < 4.78 is 18.3. The third-order valence-corrected chi connectivity index (χ3v) is 3.39. The van der Waals surface area contributed by atoms with Gasteiger partial charge in [-0.05, 0) is 24.6 Å². The highest BCUT2D eigenvalue weighted by Gasteiger charge is 2.21. The molecule has 5 heteroatoms. The van der Waals surface area contributed by atoms with Gasteiger partial charge in [0, 0.05) is 5.41 Å². The van der Waals surface area contributed by atoms with Crippen LogP contribution in [0, 0.1) is 11.2 Å². The summed E-state index contributed by atoms with van der Waals surface area (Å²) in [5.41, 5.74) is 5.34. The van der Waals surface area contributed by atoms with Gasteiger partial charge in [0.15, 0.2) is 0 Å². The van der Waals surface area contributed by atoms with Crippen molar-refractivity contribution in [1.82, 2.24) is 0 Å². The number of rotatable bonds is 5. The average Bonchev–Trinajstić information content (AvgIpc) is 2.21. The van der Waals surface area contributed by atoms with Crippen LogP contribution in [0.15, 0.2) is 18.2 Å². The van der Waals surface area contributed by atoms with Crippen molar-refractivity contribution < 1.29 is 9.13 Å². The molecule has 0 fully saturated rings. The van der Waals surface area contributed by atoms with Crippen molar-refractivity contribution in [2.24, 2.45) is 11.1 Å². The Morgan fingerprint density at radius 3 is 2.71 bits per heavy atom. The number of ether oxygens (including phenoxy) is 1. The average molecular weight is 276 g/mol. The van der Waals surface area contributed by atoms with Crippen molar-refractivity contribution in [3.63, 3.8) is 0 Å². The van der Waals surface area contributed by atoms with E-state index in [-0.39, 0.29) is 16.3 Å². The van der Waals surface area contributed by atoms with E-state index in [1.54, 1.807) is 0 Å². The lowest BCUT2D eigenvalue weighted by Gasteiger charge is -2.22. The lowest BCUT2D eigenvalue weighted by atomic mass is 9.90. The molecule has 0 aromatic heterocycles. The van der Waals surface area contributed by atoms with E-state index in [9.17, 15) is 4.39 Å². The Kier molecular flexibility index (Phi) is 4.71. The summed E-state index contributed by atoms with van der Waals surface area (Å²) in [6, 6.07) is 4.03. The summed E-state index contributed by atoms with van der Waals surface area (Å²) in [5, 5.41) is 0.262. The van der Waals surface area contributed by atoms with Crippen molar-refractivity contribution in [3.8, 4) is 5.75 Å². The maximum Gasteiger partial charge on any atom is 0.138 e. The van der Waals surface area contributed by atoms with E-state index in [2.05, 4.69) is 0 Å². The fourth-order valence-electron chi connectivity index (χ4n) is 1.13. The SMILES string of the molecule is CC(C)(CCOc1ccc(F)cc1Cl)C(N)=S. The molecular weight excluding hydrogens is 261 g/mol. The second kappa shape index (κ2) is 5.65. The predicted octanol–water partition coefficient (Wildman–Crippen LogP) is 3.56. The first-order valence-corrected chi connectivity index (χ1v) is 5.99. The molecule has 2 N–H and O–H groups in total. The zero-order valence-corrected chi connectivity index (χ0v) is 11.4. The van der Waals surface area contributed by atoms with E-state index in [4.69, 9.17) is 34.3 Å². The number of halogens is 2. The maximum atomic E-state index is 12.8. The first kappa shape index (κ1) is 14.2. The maximum absolute atomic E-state index is 12.8. The Hall–Kier alpha value is -0.870. The molecule has 0 unspecified atom stereocenters. The van der Waals surface area contributed by atoms with Gasteiger partial charge in [0.1, 0.15) is 11.6 Å². The minimum absolute atomic E-state index is 0.262. The van der Waals surface area contributed by atoms with Gasteiger partial charge in [0.25, 0.3) is 0 Å². The molecule has 0 aliphatic rings. The second-order valence-corrected chi connectivity index (χ2v) is 5.27. The molecule has 2 nitrogen and oxygen atoms in total. The van der Waals surface area contributed by atoms with Crippen LogP contribution in [0.1, 0.15) is 20.3 Å². The molecule has 1 aromatic rings. The first-order chi connectivity index (χ1) is 7.83. The van der Waals surface area contributed by atoms with Crippen LogP contribution in [0.5, 0.6) is 5.75 Å². The van der Waals surface area contributed by atoms with E-state index < -0.39 is 0 Å². The Labute approximate surface area is 111 Å². The van der Waals surface area contributed by atoms with E-state index >= 15 is 0 Å². The number of nitrogens with two attached hydrogens (primary N) is 1. The van der Waals surface area contributed by atoms with Gasteiger partial charge in [-0.15, -0.1) is 0 Å². The summed E-state index contributed by atoms with van der Waals surface area (Å²) in [5.74, 6) is 0.0811. The predicted molar refractivity (Wildman–Crippen MR) is 72.1 cm³/mol. The molecule has 0 amide bonds. The monoisotopic (exact) mass is 275 g/mol. The van der Waals surface area contributed by atoms with Crippen molar-refractivity contribution >= 4 is 28.8 Å². The van der Waals surface area contributed by atoms with Crippen molar-refractivity contribution in [2.45, 2.75) is 20.3 Å². The Morgan fingerprint density at radius 2 is 2.18 bits per heavy atom. The van der Waals surface area contributed by atoms with Gasteiger partial charge < -0.3 is 10.5 Å². The molecule has 0 saturated carbocycles. The minimum Gasteiger partial charge on any atom is -0.492 e. The lowest BCUT2D eigenvalue weighted by molar-refractivity contribution is 0.270. The van der Waals surface area contributed by atoms with E-state index in [1.807, 2.05) is 13.8 Å². The van der Waals surface area contributed by atoms with Gasteiger partial charge in [0.05, 0.1) is 16.6 Å². The van der Waals surface area contributed by atoms with Crippen LogP contribution in [0.3, 0.4) is 0 Å². The molecule has 94 valence electrons. The van der Waals surface area contributed by atoms with Gasteiger partial charge in [-0.25, -0.2) is 4.39 Å². The normalized spacial score (nSPS) is 11.3. The molecule has 17 heavy (non-hydrogen) atoms. The molecule has 0 heterocycles. The minimum atomic E-state index is -0.384. The van der Waals surface area contributed by atoms with Crippen LogP contribution in [0.4, 0.5) is 4.39 Å². The summed E-state index contributed by atoms with van der Waals surface area (Å²) in [6.07, 6.45) is 0.677. The summed E-state index contributed by atoms with van der Waals surface area (Å²) in [4.78, 5) is 0.450. The number of benzene rings is 1. The van der Waals surface area contributed by atoms with Crippen LogP contribution < -0.4 is 10.5 Å². The molecule has 0 radical (unpaired) electrons. The molecule has 1 aromatic carbocycles. The van der Waals surface area contributed by atoms with Gasteiger partial charge in [-0.2, -0.15) is 0 Å². The fourth-order valence-corrected chi connectivity index (χ4v) is 1.46. The van der Waals surface area contributed by atoms with Crippen LogP contribution >= 0.6 is 23.8 Å². The number of thiocarbonyl (C=S) groups is 1. The zero-order valence-electron chi connectivity index (χ0n) is 9.80. The fraction of sp³-hybridized carbons (Fsp3) is 0.417. The summed E-state index contributed by atoms with van der Waals surface area (Å²) in [7, 11) is 0. The van der Waals surface area contributed by atoms with Crippen LogP contribution in [0.2, 0.25) is 5.02 Å². The second-order valence-electron chi connectivity index (χ2n) is 4.42. The smallest absolute Gasteiger partial charge is 0.138 e. The van der Waals surface area contributed by atoms with Crippen LogP contribution in [-0.2, 0) is 0 Å². The van der Waals surface area contributed by atoms with Gasteiger partial charge >= 0.3 is 0 Å². The molecule has 0 bridgehead atoms. The highest BCUT2D eigenvalue weighted by Crippen LogP contribution is 2.26. The van der Waals surface area contributed by atoms with Gasteiger partial charge in [-0.3, -0.25) is 0 Å². The van der Waals surface area contributed by atoms with Crippen molar-refractivity contribution in [2.75, 3.05) is 6.61 Å². The molecule has 0 spiro atoms. The third-order valence-electron chi connectivity index (χ3n) is 2.55. The number of hydrogen-bond donors (Lipinski definition) is 1. The molecule has 0 aliphatic carbocycles. The largest absolute Gasteiger partial charge is 0.492 e. The standard InChI is InChI=1S/C12H15ClFNOS/c1-12(2,11(15)17)5-6-16-10-4-3-8(14)7-9(10)13/h3-4,7H,5-6H2,1-2H3,(H2,15,17). The molecule has 0 atom stereocenters. The first-order valence-electron chi connectivity index (χ1n) is 5.21. The highest BCUT2D eigenvalue weighted by molar-refractivity contribution is 7.80. The van der Waals surface area contributed by atoms with E-state index in [0.717, 1.165) is 0 Å². The lowest BCUT2D eigenvalue weighted by Crippen LogP contribution is -2.31. The van der Waals surface area contributed by atoms with Crippen molar-refractivity contribution in [1.29, 1.82) is 0 Å². The van der Waals surface area contributed by atoms with Gasteiger partial charge in [0.2, 0.25) is 0 Å². The summed E-state index contributed by atoms with van der Waals surface area (Å²) in [6.45, 7) is 4.33. The molecular formula is C12H15ClFNOS. The molecule has 0 saturated heterocycles. The van der Waals surface area contributed by atoms with Gasteiger partial charge in [-0.1, -0.05) is 37.7 Å². The quantitative estimate of drug-likeness (QED) is 0.835. The van der Waals surface area contributed by atoms with Crippen LogP contribution in [0.25, 0.3) is 0 Å². The number of hydrogen-bond acceptors (Lipinski definition) is 2. The zero-order chi connectivity index (χ0) is 13.1. The Morgan fingerprint density at radius 1 is 1.53 bits per heavy atom.